The van der Waals surface area contributed by atoms with Gasteiger partial charge in [-0.15, -0.1) is 0 Å². The molecule has 0 aliphatic carbocycles. The number of carbonyl (C=O) groups is 1. The fourth-order valence-corrected chi connectivity index (χ4v) is 0.742. The van der Waals surface area contributed by atoms with Gasteiger partial charge in [0.15, 0.2) is 0 Å². The van der Waals surface area contributed by atoms with E-state index in [0.717, 1.165) is 0 Å². The summed E-state index contributed by atoms with van der Waals surface area (Å²) in [5.74, 6) is 4.52. The molecule has 1 aromatic carbocycles. The number of nitrogens with two attached hydrogens (primary N) is 1. The molecule has 4 heteroatoms. The number of amides is 1. The van der Waals surface area contributed by atoms with E-state index in [2.05, 4.69) is 6.07 Å². The van der Waals surface area contributed by atoms with E-state index in [9.17, 15) is 4.79 Å². The molecule has 11 heavy (non-hydrogen) atoms. The van der Waals surface area contributed by atoms with Crippen LogP contribution in [0.3, 0.4) is 0 Å². The standard InChI is InChI=1S/C7H6ClN2O/c8-6-3-1-5(2-4-6)7(11)10-9/h1,3-4H,9H2,(H,10,11). The van der Waals surface area contributed by atoms with Crippen LogP contribution in [0.1, 0.15) is 10.4 Å². The van der Waals surface area contributed by atoms with Crippen LogP contribution >= 0.6 is 11.6 Å². The molecule has 1 rings (SSSR count). The van der Waals surface area contributed by atoms with E-state index in [0.29, 0.717) is 10.6 Å². The van der Waals surface area contributed by atoms with Crippen molar-refractivity contribution in [3.05, 3.63) is 34.9 Å². The Bertz CT molecular complexity index is 258. The fraction of sp³-hybridized carbons (Fsp3) is 0. The molecule has 0 aliphatic heterocycles. The molecule has 1 radical (unpaired) electrons. The lowest BCUT2D eigenvalue weighted by Gasteiger charge is -1.96. The molecule has 0 aromatic heterocycles. The third-order valence-electron chi connectivity index (χ3n) is 1.15. The Morgan fingerprint density at radius 3 is 2.82 bits per heavy atom. The lowest BCUT2D eigenvalue weighted by atomic mass is 10.2. The largest absolute Gasteiger partial charge is 0.290 e. The summed E-state index contributed by atoms with van der Waals surface area (Å²) < 4.78 is 0. The average Bonchev–Trinajstić information content (AvgIpc) is 2.05. The van der Waals surface area contributed by atoms with E-state index in [1.165, 1.54) is 6.07 Å². The summed E-state index contributed by atoms with van der Waals surface area (Å²) >= 11 is 5.57. The molecule has 1 aromatic rings. The number of nitrogens with one attached hydrogen (secondary N) is 1. The Labute approximate surface area is 69.1 Å². The first kappa shape index (κ1) is 8.04. The second kappa shape index (κ2) is 3.37. The Morgan fingerprint density at radius 2 is 2.36 bits per heavy atom. The van der Waals surface area contributed by atoms with Crippen LogP contribution in [0.4, 0.5) is 0 Å². The maximum absolute atomic E-state index is 10.8. The van der Waals surface area contributed by atoms with Crippen LogP contribution < -0.4 is 11.3 Å². The van der Waals surface area contributed by atoms with Crippen LogP contribution in [0.15, 0.2) is 18.2 Å². The van der Waals surface area contributed by atoms with Gasteiger partial charge in [0.25, 0.3) is 5.91 Å². The molecule has 1 amide bonds. The van der Waals surface area contributed by atoms with Crippen molar-refractivity contribution in [2.24, 2.45) is 5.84 Å². The van der Waals surface area contributed by atoms with E-state index < -0.39 is 0 Å². The first-order valence-electron chi connectivity index (χ1n) is 2.92. The normalized spacial score (nSPS) is 9.27. The van der Waals surface area contributed by atoms with Crippen molar-refractivity contribution in [2.75, 3.05) is 0 Å². The van der Waals surface area contributed by atoms with Gasteiger partial charge in [-0.25, -0.2) is 5.84 Å². The van der Waals surface area contributed by atoms with Gasteiger partial charge in [-0.3, -0.25) is 10.2 Å². The quantitative estimate of drug-likeness (QED) is 0.370. The number of hydrogen-bond acceptors (Lipinski definition) is 2. The van der Waals surface area contributed by atoms with Gasteiger partial charge in [0, 0.05) is 10.6 Å². The molecule has 3 N–H and O–H groups in total. The van der Waals surface area contributed by atoms with Gasteiger partial charge < -0.3 is 0 Å². The van der Waals surface area contributed by atoms with Crippen molar-refractivity contribution in [3.8, 4) is 0 Å². The van der Waals surface area contributed by atoms with Crippen molar-refractivity contribution >= 4 is 17.5 Å². The minimum absolute atomic E-state index is 0.372. The second-order valence-electron chi connectivity index (χ2n) is 1.89. The zero-order valence-electron chi connectivity index (χ0n) is 5.60. The first-order chi connectivity index (χ1) is 5.24. The number of rotatable bonds is 1. The topological polar surface area (TPSA) is 55.1 Å². The molecule has 0 aliphatic rings. The van der Waals surface area contributed by atoms with E-state index in [1.54, 1.807) is 12.1 Å². The van der Waals surface area contributed by atoms with Gasteiger partial charge >= 0.3 is 0 Å². The smallest absolute Gasteiger partial charge is 0.265 e. The van der Waals surface area contributed by atoms with E-state index >= 15 is 0 Å². The molecule has 0 heterocycles. The first-order valence-corrected chi connectivity index (χ1v) is 3.30. The molecule has 0 spiro atoms. The molecular formula is C7H6ClN2O. The molecule has 0 bridgehead atoms. The predicted molar refractivity (Wildman–Crippen MR) is 41.9 cm³/mol. The molecule has 0 fully saturated rings. The Hall–Kier alpha value is -1.06. The lowest BCUT2D eigenvalue weighted by Crippen LogP contribution is -2.29. The molecule has 3 nitrogen and oxygen atoms in total. The second-order valence-corrected chi connectivity index (χ2v) is 2.33. The van der Waals surface area contributed by atoms with E-state index in [-0.39, 0.29) is 5.91 Å². The monoisotopic (exact) mass is 169 g/mol. The maximum Gasteiger partial charge on any atom is 0.265 e. The zero-order chi connectivity index (χ0) is 8.27. The Kier molecular flexibility index (Phi) is 2.46. The zero-order valence-corrected chi connectivity index (χ0v) is 6.35. The Balaban J connectivity index is 2.90. The van der Waals surface area contributed by atoms with Gasteiger partial charge in [0.2, 0.25) is 0 Å². The van der Waals surface area contributed by atoms with Crippen LogP contribution in [-0.2, 0) is 0 Å². The minimum Gasteiger partial charge on any atom is -0.290 e. The van der Waals surface area contributed by atoms with Crippen molar-refractivity contribution < 1.29 is 4.79 Å². The van der Waals surface area contributed by atoms with Gasteiger partial charge in [-0.2, -0.15) is 0 Å². The Morgan fingerprint density at radius 1 is 1.64 bits per heavy atom. The highest BCUT2D eigenvalue weighted by Crippen LogP contribution is 2.07. The molecule has 57 valence electrons. The number of nitrogen functional groups attached to an aromatic ring is 1. The van der Waals surface area contributed by atoms with Gasteiger partial charge in [-0.1, -0.05) is 11.6 Å². The highest BCUT2D eigenvalue weighted by Gasteiger charge is 2.01. The fourth-order valence-electron chi connectivity index (χ4n) is 0.625. The minimum atomic E-state index is -0.373. The summed E-state index contributed by atoms with van der Waals surface area (Å²) in [6.07, 6.45) is 0. The summed E-state index contributed by atoms with van der Waals surface area (Å²) in [5, 5.41) is 0.540. The third-order valence-corrected chi connectivity index (χ3v) is 1.39. The number of hydrazine groups is 1. The van der Waals surface area contributed by atoms with Gasteiger partial charge in [0.1, 0.15) is 0 Å². The predicted octanol–water partition coefficient (Wildman–Crippen LogP) is 0.744. The van der Waals surface area contributed by atoms with Crippen LogP contribution in [0.5, 0.6) is 0 Å². The van der Waals surface area contributed by atoms with Gasteiger partial charge in [-0.05, 0) is 24.3 Å². The molecule has 0 saturated heterocycles. The number of benzene rings is 1. The summed E-state index contributed by atoms with van der Waals surface area (Å²) in [7, 11) is 0. The molecular weight excluding hydrogens is 164 g/mol. The number of hydrogen-bond donors (Lipinski definition) is 2. The highest BCUT2D eigenvalue weighted by molar-refractivity contribution is 6.30. The van der Waals surface area contributed by atoms with Crippen LogP contribution in [0.25, 0.3) is 0 Å². The SMILES string of the molecule is NNC(=O)c1[c]cc(Cl)cc1. The third kappa shape index (κ3) is 1.93. The highest BCUT2D eigenvalue weighted by atomic mass is 35.5. The van der Waals surface area contributed by atoms with Crippen LogP contribution in [0.2, 0.25) is 5.02 Å². The summed E-state index contributed by atoms with van der Waals surface area (Å²) in [6, 6.07) is 7.32. The summed E-state index contributed by atoms with van der Waals surface area (Å²) in [5.41, 5.74) is 2.36. The van der Waals surface area contributed by atoms with Crippen molar-refractivity contribution in [1.82, 2.24) is 5.43 Å². The average molecular weight is 170 g/mol. The van der Waals surface area contributed by atoms with E-state index in [4.69, 9.17) is 17.4 Å². The maximum atomic E-state index is 10.8. The van der Waals surface area contributed by atoms with Crippen LogP contribution in [-0.4, -0.2) is 5.91 Å². The number of halogens is 1. The number of carbonyl (C=O) groups excluding carboxylic acids is 1. The molecule has 0 atom stereocenters. The van der Waals surface area contributed by atoms with Gasteiger partial charge in [0.05, 0.1) is 0 Å². The molecule has 0 unspecified atom stereocenters. The van der Waals surface area contributed by atoms with Crippen molar-refractivity contribution in [2.45, 2.75) is 0 Å². The van der Waals surface area contributed by atoms with Crippen molar-refractivity contribution in [3.63, 3.8) is 0 Å². The molecule has 0 saturated carbocycles. The summed E-state index contributed by atoms with van der Waals surface area (Å²) in [6.45, 7) is 0. The van der Waals surface area contributed by atoms with E-state index in [1.807, 2.05) is 5.43 Å². The lowest BCUT2D eigenvalue weighted by molar-refractivity contribution is 0.0953. The van der Waals surface area contributed by atoms with Crippen LogP contribution in [0, 0.1) is 6.07 Å². The summed E-state index contributed by atoms with van der Waals surface area (Å²) in [4.78, 5) is 10.8. The van der Waals surface area contributed by atoms with Crippen molar-refractivity contribution in [1.29, 1.82) is 0 Å².